The van der Waals surface area contributed by atoms with Gasteiger partial charge in [0.2, 0.25) is 11.8 Å². The van der Waals surface area contributed by atoms with Gasteiger partial charge in [0.05, 0.1) is 11.3 Å². The number of hydrogen-bond donors (Lipinski definition) is 3. The number of piperidine rings is 1. The fourth-order valence-electron chi connectivity index (χ4n) is 4.36. The second kappa shape index (κ2) is 10.1. The number of carbonyl (C=O) groups is 2. The maximum Gasteiger partial charge on any atom is 0.307 e. The van der Waals surface area contributed by atoms with E-state index in [1.165, 1.54) is 0 Å². The van der Waals surface area contributed by atoms with E-state index in [0.717, 1.165) is 41.0 Å². The highest BCUT2D eigenvalue weighted by atomic mass is 32.1. The minimum atomic E-state index is -0.362. The van der Waals surface area contributed by atoms with E-state index in [9.17, 15) is 19.5 Å². The maximum atomic E-state index is 12.8. The number of rotatable bonds is 5. The highest BCUT2D eigenvalue weighted by Gasteiger charge is 2.25. The number of aromatic amines is 1. The predicted molar refractivity (Wildman–Crippen MR) is 138 cm³/mol. The molecule has 1 aliphatic rings. The molecule has 0 atom stereocenters. The Balaban J connectivity index is 1.32. The van der Waals surface area contributed by atoms with Gasteiger partial charge in [0, 0.05) is 24.3 Å². The van der Waals surface area contributed by atoms with Crippen LogP contribution in [0, 0.1) is 0 Å². The monoisotopic (exact) mass is 493 g/mol. The Bertz CT molecular complexity index is 1260. The van der Waals surface area contributed by atoms with Crippen LogP contribution < -0.4 is 10.2 Å². The van der Waals surface area contributed by atoms with Gasteiger partial charge in [-0.1, -0.05) is 56.4 Å². The van der Waals surface area contributed by atoms with Crippen molar-refractivity contribution < 1.29 is 14.7 Å². The summed E-state index contributed by atoms with van der Waals surface area (Å²) in [4.78, 5) is 40.8. The summed E-state index contributed by atoms with van der Waals surface area (Å²) in [6.07, 6.45) is 1.68. The normalized spacial score (nSPS) is 14.7. The van der Waals surface area contributed by atoms with Crippen molar-refractivity contribution in [1.82, 2.24) is 9.88 Å². The van der Waals surface area contributed by atoms with Crippen molar-refractivity contribution in [2.45, 2.75) is 51.4 Å². The molecule has 4 rings (SSSR count). The molecule has 0 unspecified atom stereocenters. The van der Waals surface area contributed by atoms with Crippen molar-refractivity contribution in [3.63, 3.8) is 0 Å². The molecule has 1 saturated heterocycles. The van der Waals surface area contributed by atoms with Gasteiger partial charge in [0.15, 0.2) is 0 Å². The summed E-state index contributed by atoms with van der Waals surface area (Å²) in [6.45, 7) is 7.67. The standard InChI is InChI=1S/C27H31N3O4S/c1-27(2,3)20-5-4-6-21(15-20)28-24(32)19-9-7-17(8-10-19)18-11-13-30(14-12-18)23(31)16-22-25(33)29-26(34)35-22/h4-10,15,18,33H,11-14,16H2,1-3H3,(H,28,32)(H,29,34). The Labute approximate surface area is 208 Å². The predicted octanol–water partition coefficient (Wildman–Crippen LogP) is 4.64. The Morgan fingerprint density at radius 3 is 2.40 bits per heavy atom. The van der Waals surface area contributed by atoms with E-state index in [-0.39, 0.29) is 34.4 Å². The third-order valence-electron chi connectivity index (χ3n) is 6.49. The number of thiazole rings is 1. The number of nitrogens with one attached hydrogen (secondary N) is 2. The lowest BCUT2D eigenvalue weighted by molar-refractivity contribution is -0.131. The number of benzene rings is 2. The van der Waals surface area contributed by atoms with Gasteiger partial charge >= 0.3 is 4.87 Å². The smallest absolute Gasteiger partial charge is 0.307 e. The van der Waals surface area contributed by atoms with Crippen LogP contribution in [0.5, 0.6) is 5.88 Å². The molecule has 0 aliphatic carbocycles. The lowest BCUT2D eigenvalue weighted by Gasteiger charge is -2.32. The Kier molecular flexibility index (Phi) is 7.12. The first-order chi connectivity index (χ1) is 16.6. The third kappa shape index (κ3) is 6.00. The van der Waals surface area contributed by atoms with Crippen molar-refractivity contribution >= 4 is 28.8 Å². The molecule has 1 fully saturated rings. The first-order valence-electron chi connectivity index (χ1n) is 11.8. The van der Waals surface area contributed by atoms with E-state index < -0.39 is 0 Å². The molecule has 184 valence electrons. The number of carbonyl (C=O) groups excluding carboxylic acids is 2. The van der Waals surface area contributed by atoms with Crippen LogP contribution in [0.3, 0.4) is 0 Å². The summed E-state index contributed by atoms with van der Waals surface area (Å²) >= 11 is 0.868. The van der Waals surface area contributed by atoms with Crippen LogP contribution in [0.2, 0.25) is 0 Å². The zero-order valence-corrected chi connectivity index (χ0v) is 21.1. The molecule has 2 heterocycles. The maximum absolute atomic E-state index is 12.8. The van der Waals surface area contributed by atoms with Crippen LogP contribution in [0.25, 0.3) is 0 Å². The summed E-state index contributed by atoms with van der Waals surface area (Å²) in [5.74, 6) is -0.125. The molecule has 2 amide bonds. The van der Waals surface area contributed by atoms with Crippen molar-refractivity contribution in [3.8, 4) is 5.88 Å². The number of H-pyrrole nitrogens is 1. The zero-order chi connectivity index (χ0) is 25.2. The first kappa shape index (κ1) is 24.7. The molecule has 0 radical (unpaired) electrons. The van der Waals surface area contributed by atoms with E-state index in [0.29, 0.717) is 29.4 Å². The molecule has 35 heavy (non-hydrogen) atoms. The summed E-state index contributed by atoms with van der Waals surface area (Å²) < 4.78 is 0. The lowest BCUT2D eigenvalue weighted by Crippen LogP contribution is -2.38. The number of likely N-dealkylation sites (tertiary alicyclic amines) is 1. The summed E-state index contributed by atoms with van der Waals surface area (Å²) in [7, 11) is 0. The minimum Gasteiger partial charge on any atom is -0.494 e. The first-order valence-corrected chi connectivity index (χ1v) is 12.6. The molecule has 1 aromatic heterocycles. The third-order valence-corrected chi connectivity index (χ3v) is 7.36. The number of aromatic nitrogens is 1. The zero-order valence-electron chi connectivity index (χ0n) is 20.3. The molecule has 0 spiro atoms. The number of aromatic hydroxyl groups is 1. The van der Waals surface area contributed by atoms with Crippen LogP contribution in [0.4, 0.5) is 5.69 Å². The van der Waals surface area contributed by atoms with Crippen LogP contribution in [0.15, 0.2) is 53.3 Å². The van der Waals surface area contributed by atoms with Gasteiger partial charge in [-0.15, -0.1) is 0 Å². The van der Waals surface area contributed by atoms with E-state index in [1.807, 2.05) is 42.5 Å². The Morgan fingerprint density at radius 1 is 1.11 bits per heavy atom. The molecule has 3 N–H and O–H groups in total. The van der Waals surface area contributed by atoms with E-state index in [2.05, 4.69) is 37.1 Å². The van der Waals surface area contributed by atoms with Crippen molar-refractivity contribution in [2.24, 2.45) is 0 Å². The van der Waals surface area contributed by atoms with Gasteiger partial charge in [-0.25, -0.2) is 0 Å². The van der Waals surface area contributed by atoms with Crippen molar-refractivity contribution in [3.05, 3.63) is 79.8 Å². The molecular formula is C27H31N3O4S. The second-order valence-electron chi connectivity index (χ2n) is 10.0. The van der Waals surface area contributed by atoms with Crippen LogP contribution in [-0.4, -0.2) is 39.9 Å². The SMILES string of the molecule is CC(C)(C)c1cccc(NC(=O)c2ccc(C3CCN(C(=O)Cc4sc(=O)[nH]c4O)CC3)cc2)c1. The lowest BCUT2D eigenvalue weighted by atomic mass is 9.87. The summed E-state index contributed by atoms with van der Waals surface area (Å²) in [6, 6.07) is 15.6. The van der Waals surface area contributed by atoms with Gasteiger partial charge in [-0.2, -0.15) is 0 Å². The quantitative estimate of drug-likeness (QED) is 0.482. The topological polar surface area (TPSA) is 103 Å². The average molecular weight is 494 g/mol. The molecule has 1 aliphatic heterocycles. The highest BCUT2D eigenvalue weighted by Crippen LogP contribution is 2.29. The summed E-state index contributed by atoms with van der Waals surface area (Å²) in [5, 5.41) is 12.7. The molecule has 0 saturated carbocycles. The highest BCUT2D eigenvalue weighted by molar-refractivity contribution is 7.09. The van der Waals surface area contributed by atoms with Crippen LogP contribution in [-0.2, 0) is 16.6 Å². The van der Waals surface area contributed by atoms with E-state index in [4.69, 9.17) is 0 Å². The molecule has 7 nitrogen and oxygen atoms in total. The van der Waals surface area contributed by atoms with Gasteiger partial charge in [0.1, 0.15) is 0 Å². The minimum absolute atomic E-state index is 0.00729. The number of amides is 2. The molecule has 8 heteroatoms. The Morgan fingerprint density at radius 2 is 1.80 bits per heavy atom. The number of anilines is 1. The van der Waals surface area contributed by atoms with E-state index in [1.54, 1.807) is 4.90 Å². The van der Waals surface area contributed by atoms with Gasteiger partial charge < -0.3 is 15.3 Å². The molecule has 2 aromatic carbocycles. The molecule has 3 aromatic rings. The molecule has 0 bridgehead atoms. The van der Waals surface area contributed by atoms with Crippen LogP contribution >= 0.6 is 11.3 Å². The fourth-order valence-corrected chi connectivity index (χ4v) is 5.07. The van der Waals surface area contributed by atoms with Crippen molar-refractivity contribution in [1.29, 1.82) is 0 Å². The van der Waals surface area contributed by atoms with Crippen LogP contribution in [0.1, 0.15) is 65.9 Å². The molecular weight excluding hydrogens is 462 g/mol. The average Bonchev–Trinajstić information content (AvgIpc) is 3.15. The number of nitrogens with zero attached hydrogens (tertiary/aromatic N) is 1. The fraction of sp³-hybridized carbons (Fsp3) is 0.370. The van der Waals surface area contributed by atoms with Gasteiger partial charge in [0.25, 0.3) is 5.91 Å². The van der Waals surface area contributed by atoms with Gasteiger partial charge in [-0.05, 0) is 59.6 Å². The number of hydrogen-bond acceptors (Lipinski definition) is 5. The van der Waals surface area contributed by atoms with E-state index >= 15 is 0 Å². The van der Waals surface area contributed by atoms with Crippen molar-refractivity contribution in [2.75, 3.05) is 18.4 Å². The summed E-state index contributed by atoms with van der Waals surface area (Å²) in [5.41, 5.74) is 3.71. The van der Waals surface area contributed by atoms with Gasteiger partial charge in [-0.3, -0.25) is 19.4 Å². The second-order valence-corrected chi connectivity index (χ2v) is 11.1. The largest absolute Gasteiger partial charge is 0.494 e. The Hall–Kier alpha value is -3.39.